The van der Waals surface area contributed by atoms with Gasteiger partial charge in [0.25, 0.3) is 11.7 Å². The fourth-order valence-electron chi connectivity index (χ4n) is 4.23. The van der Waals surface area contributed by atoms with Crippen LogP contribution in [0.3, 0.4) is 0 Å². The highest BCUT2D eigenvalue weighted by Gasteiger charge is 2.47. The lowest BCUT2D eigenvalue weighted by Crippen LogP contribution is -2.30. The van der Waals surface area contributed by atoms with Gasteiger partial charge in [-0.25, -0.2) is 0 Å². The highest BCUT2D eigenvalue weighted by Crippen LogP contribution is 2.43. The zero-order valence-electron chi connectivity index (χ0n) is 19.6. The summed E-state index contributed by atoms with van der Waals surface area (Å²) < 4.78 is 0. The Morgan fingerprint density at radius 3 is 2.12 bits per heavy atom. The summed E-state index contributed by atoms with van der Waals surface area (Å²) in [5, 5.41) is 11.3. The number of aliphatic hydroxyl groups excluding tert-OH is 1. The zero-order chi connectivity index (χ0) is 23.9. The van der Waals surface area contributed by atoms with E-state index in [1.54, 1.807) is 6.07 Å². The first-order chi connectivity index (χ1) is 15.7. The third-order valence-corrected chi connectivity index (χ3v) is 6.32. The number of Topliss-reactive ketones (excluding diaryl/α,β-unsaturated/α-hetero) is 1. The van der Waals surface area contributed by atoms with Crippen molar-refractivity contribution in [3.8, 4) is 0 Å². The molecule has 1 aliphatic heterocycles. The number of para-hydroxylation sites is 1. The number of aryl methyl sites for hydroxylation is 3. The van der Waals surface area contributed by atoms with Gasteiger partial charge in [0, 0.05) is 31.0 Å². The number of benzene rings is 3. The second kappa shape index (κ2) is 8.58. The van der Waals surface area contributed by atoms with E-state index in [1.807, 2.05) is 100 Å². The number of carbonyl (C=O) groups excluding carboxylic acids is 2. The van der Waals surface area contributed by atoms with Crippen molar-refractivity contribution in [1.82, 2.24) is 0 Å². The molecule has 0 aromatic heterocycles. The van der Waals surface area contributed by atoms with Crippen molar-refractivity contribution in [2.75, 3.05) is 23.9 Å². The van der Waals surface area contributed by atoms with Crippen molar-refractivity contribution in [2.24, 2.45) is 0 Å². The third-order valence-electron chi connectivity index (χ3n) is 6.32. The van der Waals surface area contributed by atoms with Gasteiger partial charge in [0.15, 0.2) is 0 Å². The summed E-state index contributed by atoms with van der Waals surface area (Å²) >= 11 is 0. The number of amides is 1. The molecule has 1 N–H and O–H groups in total. The van der Waals surface area contributed by atoms with Crippen LogP contribution in [0, 0.1) is 20.8 Å². The molecule has 33 heavy (non-hydrogen) atoms. The number of anilines is 2. The highest BCUT2D eigenvalue weighted by molar-refractivity contribution is 6.51. The predicted octanol–water partition coefficient (Wildman–Crippen LogP) is 5.30. The van der Waals surface area contributed by atoms with Gasteiger partial charge < -0.3 is 10.0 Å². The third kappa shape index (κ3) is 3.91. The Kier molecular flexibility index (Phi) is 5.81. The van der Waals surface area contributed by atoms with E-state index in [4.69, 9.17) is 0 Å². The van der Waals surface area contributed by atoms with Gasteiger partial charge in [-0.05, 0) is 67.3 Å². The van der Waals surface area contributed by atoms with E-state index >= 15 is 0 Å². The van der Waals surface area contributed by atoms with Crippen LogP contribution in [0.25, 0.3) is 5.76 Å². The van der Waals surface area contributed by atoms with Crippen molar-refractivity contribution >= 4 is 28.8 Å². The predicted molar refractivity (Wildman–Crippen MR) is 133 cm³/mol. The summed E-state index contributed by atoms with van der Waals surface area (Å²) in [5.74, 6) is -1.48. The smallest absolute Gasteiger partial charge is 0.300 e. The van der Waals surface area contributed by atoms with Crippen LogP contribution in [0.2, 0.25) is 0 Å². The lowest BCUT2D eigenvalue weighted by molar-refractivity contribution is -0.132. The average molecular weight is 441 g/mol. The Labute approximate surface area is 194 Å². The summed E-state index contributed by atoms with van der Waals surface area (Å²) in [4.78, 5) is 30.1. The van der Waals surface area contributed by atoms with Crippen molar-refractivity contribution in [1.29, 1.82) is 0 Å². The fraction of sp³-hybridized carbons (Fsp3) is 0.214. The molecule has 1 atom stereocenters. The van der Waals surface area contributed by atoms with Gasteiger partial charge in [0.1, 0.15) is 5.76 Å². The van der Waals surface area contributed by atoms with Crippen molar-refractivity contribution in [3.63, 3.8) is 0 Å². The van der Waals surface area contributed by atoms with Crippen LogP contribution in [-0.4, -0.2) is 30.9 Å². The molecule has 0 radical (unpaired) electrons. The van der Waals surface area contributed by atoms with E-state index in [9.17, 15) is 14.7 Å². The second-order valence-corrected chi connectivity index (χ2v) is 8.74. The summed E-state index contributed by atoms with van der Waals surface area (Å²) in [5.41, 5.74) is 6.00. The van der Waals surface area contributed by atoms with E-state index in [0.717, 1.165) is 27.9 Å². The Morgan fingerprint density at radius 1 is 0.848 bits per heavy atom. The average Bonchev–Trinajstić information content (AvgIpc) is 3.06. The van der Waals surface area contributed by atoms with E-state index in [2.05, 4.69) is 0 Å². The van der Waals surface area contributed by atoms with Crippen LogP contribution in [0.5, 0.6) is 0 Å². The van der Waals surface area contributed by atoms with Crippen molar-refractivity contribution in [2.45, 2.75) is 26.8 Å². The van der Waals surface area contributed by atoms with Crippen LogP contribution >= 0.6 is 0 Å². The summed E-state index contributed by atoms with van der Waals surface area (Å²) in [6.07, 6.45) is 0. The minimum Gasteiger partial charge on any atom is -0.507 e. The van der Waals surface area contributed by atoms with Gasteiger partial charge in [-0.2, -0.15) is 0 Å². The van der Waals surface area contributed by atoms with Gasteiger partial charge in [0.2, 0.25) is 0 Å². The number of aliphatic hydroxyl groups is 1. The molecule has 4 rings (SSSR count). The number of ketones is 1. The highest BCUT2D eigenvalue weighted by atomic mass is 16.3. The minimum atomic E-state index is -0.732. The zero-order valence-corrected chi connectivity index (χ0v) is 19.6. The van der Waals surface area contributed by atoms with E-state index < -0.39 is 17.7 Å². The Balaban J connectivity index is 1.95. The lowest BCUT2D eigenvalue weighted by Gasteiger charge is -2.27. The van der Waals surface area contributed by atoms with Crippen LogP contribution in [0.4, 0.5) is 11.4 Å². The maximum absolute atomic E-state index is 13.3. The van der Waals surface area contributed by atoms with Gasteiger partial charge in [0.05, 0.1) is 11.6 Å². The number of carbonyl (C=O) groups is 2. The Hall–Kier alpha value is -3.86. The van der Waals surface area contributed by atoms with Crippen LogP contribution in [-0.2, 0) is 9.59 Å². The Morgan fingerprint density at radius 2 is 1.52 bits per heavy atom. The quantitative estimate of drug-likeness (QED) is 0.340. The molecule has 3 aromatic rings. The van der Waals surface area contributed by atoms with Crippen LogP contribution in [0.1, 0.15) is 33.9 Å². The lowest BCUT2D eigenvalue weighted by atomic mass is 9.94. The molecule has 1 unspecified atom stereocenters. The maximum atomic E-state index is 13.3. The molecular formula is C28H28N2O3. The fourth-order valence-corrected chi connectivity index (χ4v) is 4.23. The van der Waals surface area contributed by atoms with Gasteiger partial charge in [-0.15, -0.1) is 0 Å². The van der Waals surface area contributed by atoms with Crippen molar-refractivity contribution in [3.05, 3.63) is 100 Å². The number of rotatable bonds is 4. The van der Waals surface area contributed by atoms with Crippen molar-refractivity contribution < 1.29 is 14.7 Å². The normalized spacial score (nSPS) is 17.5. The first-order valence-corrected chi connectivity index (χ1v) is 10.9. The molecule has 1 aliphatic rings. The van der Waals surface area contributed by atoms with Gasteiger partial charge >= 0.3 is 0 Å². The molecule has 1 saturated heterocycles. The Bertz CT molecular complexity index is 1270. The summed E-state index contributed by atoms with van der Waals surface area (Å²) in [6.45, 7) is 5.85. The van der Waals surface area contributed by atoms with Crippen LogP contribution in [0.15, 0.2) is 72.3 Å². The standard InChI is InChI=1S/C28H28N2O3/c1-17-10-11-21(16-19(17)3)26(31)24-25(20-12-14-22(15-13-20)29(4)5)30(28(33)27(24)32)23-9-7-6-8-18(23)2/h6-16,25,31H,1-5H3/b26-24-. The SMILES string of the molecule is Cc1ccc(/C(O)=C2/C(=O)C(=O)N(c3ccccc3C)C2c2ccc(N(C)C)cc2)cc1C. The topological polar surface area (TPSA) is 60.9 Å². The second-order valence-electron chi connectivity index (χ2n) is 8.74. The molecular weight excluding hydrogens is 412 g/mol. The molecule has 0 bridgehead atoms. The summed E-state index contributed by atoms with van der Waals surface area (Å²) in [6, 6.07) is 20.0. The number of nitrogens with zero attached hydrogens (tertiary/aromatic N) is 2. The molecule has 1 heterocycles. The first-order valence-electron chi connectivity index (χ1n) is 10.9. The van der Waals surface area contributed by atoms with Gasteiger partial charge in [-0.1, -0.05) is 42.5 Å². The molecule has 5 nitrogen and oxygen atoms in total. The molecule has 3 aromatic carbocycles. The van der Waals surface area contributed by atoms with E-state index in [1.165, 1.54) is 4.90 Å². The largest absolute Gasteiger partial charge is 0.507 e. The van der Waals surface area contributed by atoms with E-state index in [0.29, 0.717) is 11.3 Å². The molecule has 0 saturated carbocycles. The number of hydrogen-bond acceptors (Lipinski definition) is 4. The first kappa shape index (κ1) is 22.3. The molecule has 1 fully saturated rings. The molecule has 0 aliphatic carbocycles. The monoisotopic (exact) mass is 440 g/mol. The van der Waals surface area contributed by atoms with E-state index in [-0.39, 0.29) is 11.3 Å². The number of hydrogen-bond donors (Lipinski definition) is 1. The molecule has 5 heteroatoms. The molecule has 168 valence electrons. The van der Waals surface area contributed by atoms with Gasteiger partial charge in [-0.3, -0.25) is 14.5 Å². The summed E-state index contributed by atoms with van der Waals surface area (Å²) in [7, 11) is 3.91. The molecule has 1 amide bonds. The van der Waals surface area contributed by atoms with Crippen LogP contribution < -0.4 is 9.80 Å². The molecule has 0 spiro atoms. The maximum Gasteiger partial charge on any atom is 0.300 e. The minimum absolute atomic E-state index is 0.101.